The third kappa shape index (κ3) is 4.91. The number of nitrogens with one attached hydrogen (secondary N) is 1. The Balaban J connectivity index is 1.99. The second kappa shape index (κ2) is 8.42. The molecule has 0 bridgehead atoms. The molecule has 1 N–H and O–H groups in total. The Morgan fingerprint density at radius 2 is 2.08 bits per heavy atom. The van der Waals surface area contributed by atoms with Crippen LogP contribution in [0.5, 0.6) is 5.75 Å². The molecule has 7 nitrogen and oxygen atoms in total. The number of ether oxygens (including phenoxy) is 1. The first-order valence-electron chi connectivity index (χ1n) is 7.41. The molecule has 0 aromatic heterocycles. The van der Waals surface area contributed by atoms with E-state index in [2.05, 4.69) is 10.5 Å². The Hall–Kier alpha value is -3.22. The predicted octanol–water partition coefficient (Wildman–Crippen LogP) is 3.15. The molecule has 2 rings (SSSR count). The summed E-state index contributed by atoms with van der Waals surface area (Å²) in [4.78, 5) is 22.1. The van der Waals surface area contributed by atoms with Crippen molar-refractivity contribution in [2.45, 2.75) is 13.3 Å². The Morgan fingerprint density at radius 1 is 1.29 bits per heavy atom. The molecule has 7 heteroatoms. The lowest BCUT2D eigenvalue weighted by molar-refractivity contribution is -0.384. The molecule has 0 heterocycles. The highest BCUT2D eigenvalue weighted by atomic mass is 16.6. The third-order valence-corrected chi connectivity index (χ3v) is 3.03. The van der Waals surface area contributed by atoms with Gasteiger partial charge in [-0.15, -0.1) is 0 Å². The van der Waals surface area contributed by atoms with E-state index < -0.39 is 10.8 Å². The number of benzene rings is 2. The van der Waals surface area contributed by atoms with Crippen LogP contribution >= 0.6 is 0 Å². The van der Waals surface area contributed by atoms with Crippen molar-refractivity contribution >= 4 is 17.8 Å². The molecule has 0 fully saturated rings. The molecule has 124 valence electrons. The molecule has 2 aromatic rings. The number of nitro benzene ring substituents is 1. The summed E-state index contributed by atoms with van der Waals surface area (Å²) in [5.41, 5.74) is 3.13. The lowest BCUT2D eigenvalue weighted by Gasteiger charge is -2.04. The maximum absolute atomic E-state index is 11.9. The summed E-state index contributed by atoms with van der Waals surface area (Å²) < 4.78 is 5.52. The second-order valence-corrected chi connectivity index (χ2v) is 4.93. The smallest absolute Gasteiger partial charge is 0.271 e. The lowest BCUT2D eigenvalue weighted by Crippen LogP contribution is -2.17. The monoisotopic (exact) mass is 327 g/mol. The van der Waals surface area contributed by atoms with Crippen LogP contribution in [0.4, 0.5) is 5.69 Å². The number of hydrazone groups is 1. The highest BCUT2D eigenvalue weighted by Gasteiger charge is 2.10. The van der Waals surface area contributed by atoms with Crippen LogP contribution in [0.1, 0.15) is 29.3 Å². The van der Waals surface area contributed by atoms with Crippen molar-refractivity contribution in [3.63, 3.8) is 0 Å². The van der Waals surface area contributed by atoms with Crippen molar-refractivity contribution in [3.05, 3.63) is 69.8 Å². The Morgan fingerprint density at radius 3 is 2.83 bits per heavy atom. The summed E-state index contributed by atoms with van der Waals surface area (Å²) in [6.45, 7) is 2.65. The van der Waals surface area contributed by atoms with E-state index in [0.717, 1.165) is 17.7 Å². The molecule has 0 aliphatic heterocycles. The van der Waals surface area contributed by atoms with Crippen molar-refractivity contribution in [3.8, 4) is 5.75 Å². The van der Waals surface area contributed by atoms with Crippen LogP contribution in [0.25, 0.3) is 0 Å². The Kier molecular flexibility index (Phi) is 6.01. The van der Waals surface area contributed by atoms with Crippen LogP contribution < -0.4 is 10.2 Å². The largest absolute Gasteiger partial charge is 0.494 e. The number of carbonyl (C=O) groups is 1. The van der Waals surface area contributed by atoms with Gasteiger partial charge in [0.05, 0.1) is 17.7 Å². The van der Waals surface area contributed by atoms with E-state index >= 15 is 0 Å². The SMILES string of the molecule is CCCOc1cccc(/C=N/NC(=O)c2cccc([N+](=O)[O-])c2)c1. The number of nitrogens with zero attached hydrogens (tertiary/aromatic N) is 2. The normalized spacial score (nSPS) is 10.5. The van der Waals surface area contributed by atoms with Crippen molar-refractivity contribution < 1.29 is 14.5 Å². The zero-order valence-corrected chi connectivity index (χ0v) is 13.1. The maximum atomic E-state index is 11.9. The van der Waals surface area contributed by atoms with Gasteiger partial charge in [-0.05, 0) is 30.2 Å². The average molecular weight is 327 g/mol. The summed E-state index contributed by atoms with van der Waals surface area (Å²) in [5, 5.41) is 14.6. The van der Waals surface area contributed by atoms with E-state index in [4.69, 9.17) is 4.74 Å². The fraction of sp³-hybridized carbons (Fsp3) is 0.176. The fourth-order valence-corrected chi connectivity index (χ4v) is 1.90. The predicted molar refractivity (Wildman–Crippen MR) is 90.4 cm³/mol. The van der Waals surface area contributed by atoms with Crippen LogP contribution in [0.3, 0.4) is 0 Å². The quantitative estimate of drug-likeness (QED) is 0.480. The fourth-order valence-electron chi connectivity index (χ4n) is 1.90. The molecule has 0 saturated carbocycles. The van der Waals surface area contributed by atoms with Gasteiger partial charge in [0.2, 0.25) is 0 Å². The number of nitro groups is 1. The molecule has 0 saturated heterocycles. The minimum atomic E-state index is -0.554. The topological polar surface area (TPSA) is 93.8 Å². The highest BCUT2D eigenvalue weighted by molar-refractivity contribution is 5.95. The van der Waals surface area contributed by atoms with Gasteiger partial charge in [0, 0.05) is 17.7 Å². The summed E-state index contributed by atoms with van der Waals surface area (Å²) >= 11 is 0. The van der Waals surface area contributed by atoms with Crippen molar-refractivity contribution in [1.29, 1.82) is 0 Å². The van der Waals surface area contributed by atoms with Gasteiger partial charge in [-0.2, -0.15) is 5.10 Å². The first-order chi connectivity index (χ1) is 11.6. The van der Waals surface area contributed by atoms with Gasteiger partial charge in [0.25, 0.3) is 11.6 Å². The van der Waals surface area contributed by atoms with E-state index in [1.54, 1.807) is 6.07 Å². The molecule has 2 aromatic carbocycles. The van der Waals surface area contributed by atoms with E-state index in [-0.39, 0.29) is 11.3 Å². The van der Waals surface area contributed by atoms with Gasteiger partial charge in [-0.1, -0.05) is 25.1 Å². The minimum absolute atomic E-state index is 0.146. The van der Waals surface area contributed by atoms with Crippen LogP contribution in [0.2, 0.25) is 0 Å². The van der Waals surface area contributed by atoms with Gasteiger partial charge < -0.3 is 4.74 Å². The molecule has 1 amide bonds. The summed E-state index contributed by atoms with van der Waals surface area (Å²) in [6, 6.07) is 12.7. The minimum Gasteiger partial charge on any atom is -0.494 e. The second-order valence-electron chi connectivity index (χ2n) is 4.93. The Bertz CT molecular complexity index is 759. The van der Waals surface area contributed by atoms with Crippen molar-refractivity contribution in [1.82, 2.24) is 5.43 Å². The molecule has 0 aliphatic carbocycles. The number of amides is 1. The van der Waals surface area contributed by atoms with E-state index in [1.807, 2.05) is 25.1 Å². The van der Waals surface area contributed by atoms with Gasteiger partial charge >= 0.3 is 0 Å². The highest BCUT2D eigenvalue weighted by Crippen LogP contribution is 2.13. The zero-order valence-electron chi connectivity index (χ0n) is 13.1. The van der Waals surface area contributed by atoms with Crippen LogP contribution in [0.15, 0.2) is 53.6 Å². The molecular formula is C17H17N3O4. The number of hydrogen-bond donors (Lipinski definition) is 1. The molecule has 0 radical (unpaired) electrons. The maximum Gasteiger partial charge on any atom is 0.271 e. The van der Waals surface area contributed by atoms with Crippen molar-refractivity contribution in [2.24, 2.45) is 5.10 Å². The average Bonchev–Trinajstić information content (AvgIpc) is 2.60. The lowest BCUT2D eigenvalue weighted by atomic mass is 10.2. The molecule has 0 atom stereocenters. The molecule has 0 unspecified atom stereocenters. The van der Waals surface area contributed by atoms with Gasteiger partial charge in [0.15, 0.2) is 0 Å². The summed E-state index contributed by atoms with van der Waals surface area (Å²) in [5.74, 6) is 0.208. The number of hydrogen-bond acceptors (Lipinski definition) is 5. The Labute approximate surface area is 139 Å². The molecular weight excluding hydrogens is 310 g/mol. The zero-order chi connectivity index (χ0) is 17.4. The summed E-state index contributed by atoms with van der Waals surface area (Å²) in [7, 11) is 0. The van der Waals surface area contributed by atoms with Crippen LogP contribution in [-0.2, 0) is 0 Å². The number of carbonyl (C=O) groups excluding carboxylic acids is 1. The third-order valence-electron chi connectivity index (χ3n) is 3.03. The molecule has 0 spiro atoms. The number of non-ortho nitro benzene ring substituents is 1. The van der Waals surface area contributed by atoms with E-state index in [0.29, 0.717) is 6.61 Å². The van der Waals surface area contributed by atoms with E-state index in [9.17, 15) is 14.9 Å². The molecule has 24 heavy (non-hydrogen) atoms. The first-order valence-corrected chi connectivity index (χ1v) is 7.41. The van der Waals surface area contributed by atoms with Gasteiger partial charge in [-0.25, -0.2) is 5.43 Å². The summed E-state index contributed by atoms with van der Waals surface area (Å²) in [6.07, 6.45) is 2.39. The van der Waals surface area contributed by atoms with Crippen molar-refractivity contribution in [2.75, 3.05) is 6.61 Å². The standard InChI is InChI=1S/C17H17N3O4/c1-2-9-24-16-8-3-5-13(10-16)12-18-19-17(21)14-6-4-7-15(11-14)20(22)23/h3-8,10-12H,2,9H2,1H3,(H,19,21)/b18-12+. The van der Waals surface area contributed by atoms with Crippen LogP contribution in [-0.4, -0.2) is 23.7 Å². The van der Waals surface area contributed by atoms with Crippen LogP contribution in [0, 0.1) is 10.1 Å². The first kappa shape index (κ1) is 17.1. The number of rotatable bonds is 7. The molecule has 0 aliphatic rings. The van der Waals surface area contributed by atoms with Gasteiger partial charge in [-0.3, -0.25) is 14.9 Å². The van der Waals surface area contributed by atoms with Gasteiger partial charge in [0.1, 0.15) is 5.75 Å². The van der Waals surface area contributed by atoms with E-state index in [1.165, 1.54) is 30.5 Å².